The molecule has 0 unspecified atom stereocenters. The first-order valence-electron chi connectivity index (χ1n) is 9.42. The smallest absolute Gasteiger partial charge is 0.211 e. The van der Waals surface area contributed by atoms with Crippen molar-refractivity contribution in [3.05, 3.63) is 69.8 Å². The largest absolute Gasteiger partial charge is 0.493 e. The van der Waals surface area contributed by atoms with Gasteiger partial charge in [-0.3, -0.25) is 9.56 Å². The first-order valence-corrected chi connectivity index (χ1v) is 10.2. The predicted octanol–water partition coefficient (Wildman–Crippen LogP) is 5.79. The van der Waals surface area contributed by atoms with Crippen molar-refractivity contribution < 1.29 is 5.11 Å². The predicted molar refractivity (Wildman–Crippen MR) is 118 cm³/mol. The van der Waals surface area contributed by atoms with Gasteiger partial charge in [0.2, 0.25) is 5.88 Å². The lowest BCUT2D eigenvalue weighted by molar-refractivity contribution is 0.387. The highest BCUT2D eigenvalue weighted by Crippen LogP contribution is 2.37. The molecule has 1 aliphatic heterocycles. The van der Waals surface area contributed by atoms with Gasteiger partial charge in [0.25, 0.3) is 0 Å². The van der Waals surface area contributed by atoms with Crippen molar-refractivity contribution in [1.82, 2.24) is 4.57 Å². The summed E-state index contributed by atoms with van der Waals surface area (Å²) >= 11 is 1.50. The van der Waals surface area contributed by atoms with Gasteiger partial charge >= 0.3 is 0 Å². The molecule has 0 aliphatic carbocycles. The lowest BCUT2D eigenvalue weighted by Crippen LogP contribution is -2.17. The van der Waals surface area contributed by atoms with Gasteiger partial charge in [-0.1, -0.05) is 61.6 Å². The summed E-state index contributed by atoms with van der Waals surface area (Å²) in [5, 5.41) is 11.0. The number of aliphatic imine (C=N–C) groups is 1. The van der Waals surface area contributed by atoms with Gasteiger partial charge in [0, 0.05) is 23.4 Å². The average Bonchev–Trinajstić information content (AvgIpc) is 3.14. The summed E-state index contributed by atoms with van der Waals surface area (Å²) in [4.78, 5) is 11.0. The molecule has 5 heteroatoms. The molecule has 28 heavy (non-hydrogen) atoms. The molecule has 0 bridgehead atoms. The fraction of sp³-hybridized carbons (Fsp3) is 0.217. The van der Waals surface area contributed by atoms with Crippen LogP contribution in [0.15, 0.2) is 64.6 Å². The molecule has 0 saturated heterocycles. The number of hydrogen-bond donors (Lipinski definition) is 1. The number of thiazole rings is 1. The van der Waals surface area contributed by atoms with E-state index in [2.05, 4.69) is 24.9 Å². The van der Waals surface area contributed by atoms with Gasteiger partial charge in [-0.2, -0.15) is 0 Å². The highest BCUT2D eigenvalue weighted by atomic mass is 32.1. The first-order chi connectivity index (χ1) is 13.5. The summed E-state index contributed by atoms with van der Waals surface area (Å²) in [6.07, 6.45) is 2.03. The van der Waals surface area contributed by atoms with E-state index in [0.29, 0.717) is 12.5 Å². The van der Waals surface area contributed by atoms with E-state index in [1.165, 1.54) is 11.3 Å². The van der Waals surface area contributed by atoms with Crippen LogP contribution in [0.1, 0.15) is 31.2 Å². The van der Waals surface area contributed by atoms with E-state index in [9.17, 15) is 5.11 Å². The minimum Gasteiger partial charge on any atom is -0.493 e. The molecule has 0 amide bonds. The summed E-state index contributed by atoms with van der Waals surface area (Å²) in [5.74, 6) is 0.657. The van der Waals surface area contributed by atoms with Crippen LogP contribution in [-0.4, -0.2) is 15.4 Å². The molecule has 4 rings (SSSR count). The Bertz CT molecular complexity index is 1130. The number of fused-ring (bicyclic) bond motifs is 1. The van der Waals surface area contributed by atoms with Crippen LogP contribution in [0, 0.1) is 5.92 Å². The molecule has 2 aromatic carbocycles. The fourth-order valence-electron chi connectivity index (χ4n) is 3.29. The van der Waals surface area contributed by atoms with E-state index in [1.807, 2.05) is 66.1 Å². The van der Waals surface area contributed by atoms with Gasteiger partial charge in [-0.25, -0.2) is 4.99 Å². The van der Waals surface area contributed by atoms with Crippen molar-refractivity contribution in [3.8, 4) is 5.88 Å². The molecule has 3 aromatic rings. The molecule has 1 N–H and O–H groups in total. The molecule has 0 atom stereocenters. The van der Waals surface area contributed by atoms with Crippen LogP contribution in [0.3, 0.4) is 0 Å². The highest BCUT2D eigenvalue weighted by molar-refractivity contribution is 7.10. The molecular formula is C23H23N3OS. The van der Waals surface area contributed by atoms with Crippen molar-refractivity contribution in [2.45, 2.75) is 27.3 Å². The Morgan fingerprint density at radius 1 is 1.11 bits per heavy atom. The van der Waals surface area contributed by atoms with E-state index in [0.717, 1.165) is 37.9 Å². The highest BCUT2D eigenvalue weighted by Gasteiger charge is 2.19. The molecule has 1 aliphatic rings. The number of allylic oxidation sites excluding steroid dienone is 1. The molecule has 0 saturated carbocycles. The van der Waals surface area contributed by atoms with Crippen molar-refractivity contribution in [2.75, 3.05) is 0 Å². The maximum atomic E-state index is 11.0. The van der Waals surface area contributed by atoms with Crippen LogP contribution in [0.2, 0.25) is 0 Å². The summed E-state index contributed by atoms with van der Waals surface area (Å²) in [6, 6.07) is 18.0. The zero-order chi connectivity index (χ0) is 19.7. The van der Waals surface area contributed by atoms with Crippen molar-refractivity contribution in [1.29, 1.82) is 0 Å². The van der Waals surface area contributed by atoms with E-state index in [4.69, 9.17) is 4.99 Å². The van der Waals surface area contributed by atoms with E-state index in [1.54, 1.807) is 0 Å². The molecule has 0 spiro atoms. The Kier molecular flexibility index (Phi) is 5.01. The number of hydrogen-bond acceptors (Lipinski definition) is 4. The normalized spacial score (nSPS) is 15.4. The van der Waals surface area contributed by atoms with Gasteiger partial charge < -0.3 is 5.11 Å². The third kappa shape index (κ3) is 3.58. The lowest BCUT2D eigenvalue weighted by Gasteiger charge is -2.08. The zero-order valence-electron chi connectivity index (χ0n) is 16.3. The number of para-hydroxylation sites is 2. The Labute approximate surface area is 168 Å². The van der Waals surface area contributed by atoms with Crippen LogP contribution in [0.25, 0.3) is 11.6 Å². The number of aromatic hydroxyl groups is 1. The number of aromatic nitrogens is 1. The second-order valence-electron chi connectivity index (χ2n) is 7.30. The summed E-state index contributed by atoms with van der Waals surface area (Å²) < 4.78 is 1.90. The van der Waals surface area contributed by atoms with Gasteiger partial charge in [0.05, 0.1) is 16.3 Å². The minimum absolute atomic E-state index is 0.262. The van der Waals surface area contributed by atoms with E-state index >= 15 is 0 Å². The molecule has 1 aromatic heterocycles. The third-order valence-electron chi connectivity index (χ3n) is 4.58. The topological polar surface area (TPSA) is 49.9 Å². The van der Waals surface area contributed by atoms with Gasteiger partial charge in [0.1, 0.15) is 0 Å². The SMILES string of the molecule is CC1=Nc2ccccc2/C1=C/c1sc(=Nc2ccccc2)n(CC(C)C)c1O. The molecular weight excluding hydrogens is 366 g/mol. The Hall–Kier alpha value is -2.92. The summed E-state index contributed by atoms with van der Waals surface area (Å²) in [6.45, 7) is 6.99. The molecule has 0 fully saturated rings. The Balaban J connectivity index is 1.85. The van der Waals surface area contributed by atoms with Crippen LogP contribution >= 0.6 is 11.3 Å². The Morgan fingerprint density at radius 3 is 2.57 bits per heavy atom. The number of nitrogens with zero attached hydrogens (tertiary/aromatic N) is 3. The maximum Gasteiger partial charge on any atom is 0.211 e. The van der Waals surface area contributed by atoms with Crippen molar-refractivity contribution in [3.63, 3.8) is 0 Å². The van der Waals surface area contributed by atoms with Gasteiger partial charge in [-0.05, 0) is 37.1 Å². The quantitative estimate of drug-likeness (QED) is 0.603. The van der Waals surface area contributed by atoms with E-state index in [-0.39, 0.29) is 5.88 Å². The van der Waals surface area contributed by atoms with Crippen molar-refractivity contribution in [2.24, 2.45) is 15.9 Å². The zero-order valence-corrected chi connectivity index (χ0v) is 17.1. The standard InChI is InChI=1S/C23H23N3OS/c1-15(2)14-26-22(27)21(28-23(26)25-17-9-5-4-6-10-17)13-19-16(3)24-20-12-8-7-11-18(19)20/h4-13,15,27H,14H2,1-3H3/b19-13+,25-23?. The second-order valence-corrected chi connectivity index (χ2v) is 8.31. The van der Waals surface area contributed by atoms with Gasteiger partial charge in [-0.15, -0.1) is 0 Å². The molecule has 142 valence electrons. The van der Waals surface area contributed by atoms with Crippen LogP contribution in [-0.2, 0) is 6.54 Å². The van der Waals surface area contributed by atoms with Crippen LogP contribution < -0.4 is 4.80 Å². The maximum absolute atomic E-state index is 11.0. The summed E-state index contributed by atoms with van der Waals surface area (Å²) in [5.41, 5.74) is 4.97. The average molecular weight is 390 g/mol. The van der Waals surface area contributed by atoms with Crippen LogP contribution in [0.4, 0.5) is 11.4 Å². The van der Waals surface area contributed by atoms with Crippen LogP contribution in [0.5, 0.6) is 5.88 Å². The number of benzene rings is 2. The number of rotatable bonds is 4. The Morgan fingerprint density at radius 2 is 1.82 bits per heavy atom. The second kappa shape index (κ2) is 7.60. The van der Waals surface area contributed by atoms with Crippen molar-refractivity contribution >= 4 is 40.1 Å². The molecule has 2 heterocycles. The third-order valence-corrected chi connectivity index (χ3v) is 5.60. The monoisotopic (exact) mass is 389 g/mol. The fourth-order valence-corrected chi connectivity index (χ4v) is 4.29. The minimum atomic E-state index is 0.262. The lowest BCUT2D eigenvalue weighted by atomic mass is 10.0. The van der Waals surface area contributed by atoms with E-state index < -0.39 is 0 Å². The van der Waals surface area contributed by atoms with Gasteiger partial charge in [0.15, 0.2) is 4.80 Å². The first kappa shape index (κ1) is 18.4. The molecule has 4 nitrogen and oxygen atoms in total. The molecule has 0 radical (unpaired) electrons. The summed E-state index contributed by atoms with van der Waals surface area (Å²) in [7, 11) is 0.